The molecule has 5 aromatic rings. The van der Waals surface area contributed by atoms with Gasteiger partial charge in [-0.1, -0.05) is 52.6 Å². The monoisotopic (exact) mass is 446 g/mol. The Morgan fingerprint density at radius 3 is 2.58 bits per heavy atom. The zero-order valence-corrected chi connectivity index (χ0v) is 18.2. The largest absolute Gasteiger partial charge is 0.457 e. The van der Waals surface area contributed by atoms with Gasteiger partial charge in [0.2, 0.25) is 5.13 Å². The van der Waals surface area contributed by atoms with Crippen molar-refractivity contribution in [3.05, 3.63) is 78.4 Å². The van der Waals surface area contributed by atoms with Crippen LogP contribution in [0.1, 0.15) is 5.56 Å². The van der Waals surface area contributed by atoms with E-state index >= 15 is 0 Å². The first-order valence-corrected chi connectivity index (χ1v) is 11.4. The fourth-order valence-corrected chi connectivity index (χ4v) is 4.71. The number of thioether (sulfide) groups is 1. The summed E-state index contributed by atoms with van der Waals surface area (Å²) in [4.78, 5) is 0. The molecule has 0 saturated carbocycles. The van der Waals surface area contributed by atoms with Crippen molar-refractivity contribution in [2.24, 2.45) is 7.05 Å². The highest BCUT2D eigenvalue weighted by Gasteiger charge is 2.08. The Bertz CT molecular complexity index is 1300. The summed E-state index contributed by atoms with van der Waals surface area (Å²) in [6.45, 7) is 0. The molecule has 0 aliphatic carbocycles. The van der Waals surface area contributed by atoms with Gasteiger partial charge in [-0.15, -0.1) is 15.3 Å². The van der Waals surface area contributed by atoms with Crippen LogP contribution in [0.4, 0.5) is 10.8 Å². The minimum absolute atomic E-state index is 0.753. The van der Waals surface area contributed by atoms with Crippen molar-refractivity contribution in [3.8, 4) is 11.5 Å². The number of anilines is 2. The molecule has 5 rings (SSSR count). The number of para-hydroxylation sites is 1. The molecule has 0 saturated heterocycles. The molecule has 7 nitrogen and oxygen atoms in total. The maximum atomic E-state index is 5.82. The van der Waals surface area contributed by atoms with Crippen LogP contribution in [0.15, 0.2) is 77.1 Å². The molecular formula is C22H18N6OS2. The number of aryl methyl sites for hydroxylation is 1. The number of aromatic nitrogens is 5. The lowest BCUT2D eigenvalue weighted by molar-refractivity contribution is 0.483. The number of rotatable bonds is 7. The molecule has 9 heteroatoms. The van der Waals surface area contributed by atoms with Gasteiger partial charge >= 0.3 is 0 Å². The van der Waals surface area contributed by atoms with Crippen molar-refractivity contribution in [1.82, 2.24) is 25.2 Å². The van der Waals surface area contributed by atoms with Gasteiger partial charge in [0.1, 0.15) is 17.0 Å². The molecule has 0 amide bonds. The first kappa shape index (κ1) is 19.5. The number of nitrogens with zero attached hydrogens (tertiary/aromatic N) is 5. The van der Waals surface area contributed by atoms with Gasteiger partial charge in [0.05, 0.1) is 5.52 Å². The Balaban J connectivity index is 1.18. The molecule has 31 heavy (non-hydrogen) atoms. The molecule has 0 aliphatic rings. The Morgan fingerprint density at radius 1 is 0.935 bits per heavy atom. The first-order valence-electron chi connectivity index (χ1n) is 9.57. The van der Waals surface area contributed by atoms with E-state index in [1.165, 1.54) is 16.9 Å². The van der Waals surface area contributed by atoms with Crippen LogP contribution in [0.3, 0.4) is 0 Å². The molecule has 1 N–H and O–H groups in total. The lowest BCUT2D eigenvalue weighted by Crippen LogP contribution is -1.90. The van der Waals surface area contributed by atoms with Gasteiger partial charge in [0.15, 0.2) is 4.34 Å². The van der Waals surface area contributed by atoms with E-state index in [0.29, 0.717) is 0 Å². The first-order chi connectivity index (χ1) is 15.2. The molecule has 2 heterocycles. The lowest BCUT2D eigenvalue weighted by Gasteiger charge is -2.06. The number of nitrogens with one attached hydrogen (secondary N) is 1. The summed E-state index contributed by atoms with van der Waals surface area (Å²) >= 11 is 3.18. The molecule has 0 radical (unpaired) electrons. The van der Waals surface area contributed by atoms with Crippen LogP contribution < -0.4 is 10.1 Å². The zero-order chi connectivity index (χ0) is 21.0. The average Bonchev–Trinajstić information content (AvgIpc) is 3.40. The standard InChI is InChI=1S/C22H18N6OS2/c1-28-20-12-7-15(13-19(20)24-27-28)14-30-22-26-25-21(31-22)23-16-8-10-18(11-9-16)29-17-5-3-2-4-6-17/h2-13H,14H2,1H3,(H,23,25). The zero-order valence-electron chi connectivity index (χ0n) is 16.6. The van der Waals surface area contributed by atoms with E-state index in [4.69, 9.17) is 4.74 Å². The van der Waals surface area contributed by atoms with E-state index in [-0.39, 0.29) is 0 Å². The molecule has 3 aromatic carbocycles. The van der Waals surface area contributed by atoms with Crippen molar-refractivity contribution in [2.75, 3.05) is 5.32 Å². The minimum atomic E-state index is 0.753. The fourth-order valence-electron chi connectivity index (χ4n) is 2.99. The van der Waals surface area contributed by atoms with E-state index < -0.39 is 0 Å². The van der Waals surface area contributed by atoms with Gasteiger partial charge < -0.3 is 10.1 Å². The third-order valence-electron chi connectivity index (χ3n) is 4.53. The second kappa shape index (κ2) is 8.75. The van der Waals surface area contributed by atoms with Crippen molar-refractivity contribution in [1.29, 1.82) is 0 Å². The van der Waals surface area contributed by atoms with Crippen LogP contribution >= 0.6 is 23.1 Å². The van der Waals surface area contributed by atoms with Gasteiger partial charge in [0.25, 0.3) is 0 Å². The molecule has 0 spiro atoms. The van der Waals surface area contributed by atoms with E-state index in [9.17, 15) is 0 Å². The molecule has 0 atom stereocenters. The second-order valence-electron chi connectivity index (χ2n) is 6.76. The third-order valence-corrected chi connectivity index (χ3v) is 6.57. The number of fused-ring (bicyclic) bond motifs is 1. The number of hydrogen-bond donors (Lipinski definition) is 1. The van der Waals surface area contributed by atoms with Gasteiger partial charge in [-0.2, -0.15) is 0 Å². The SMILES string of the molecule is Cn1nnc2cc(CSc3nnc(Nc4ccc(Oc5ccccc5)cc4)s3)ccc21. The molecular weight excluding hydrogens is 428 g/mol. The summed E-state index contributed by atoms with van der Waals surface area (Å²) in [5.74, 6) is 2.39. The lowest BCUT2D eigenvalue weighted by atomic mass is 10.2. The van der Waals surface area contributed by atoms with E-state index in [2.05, 4.69) is 38.0 Å². The van der Waals surface area contributed by atoms with Gasteiger partial charge in [-0.25, -0.2) is 4.68 Å². The predicted octanol–water partition coefficient (Wildman–Crippen LogP) is 5.65. The maximum Gasteiger partial charge on any atom is 0.210 e. The molecule has 2 aromatic heterocycles. The predicted molar refractivity (Wildman–Crippen MR) is 124 cm³/mol. The molecule has 0 aliphatic heterocycles. The van der Waals surface area contributed by atoms with Crippen LogP contribution in [0.25, 0.3) is 11.0 Å². The summed E-state index contributed by atoms with van der Waals surface area (Å²) in [6.07, 6.45) is 0. The highest BCUT2D eigenvalue weighted by molar-refractivity contribution is 8.00. The van der Waals surface area contributed by atoms with E-state index in [1.807, 2.05) is 67.7 Å². The summed E-state index contributed by atoms with van der Waals surface area (Å²) < 4.78 is 8.50. The Hall–Kier alpha value is -3.43. The van der Waals surface area contributed by atoms with Gasteiger partial charge in [0, 0.05) is 18.5 Å². The van der Waals surface area contributed by atoms with Gasteiger partial charge in [-0.05, 0) is 54.1 Å². The smallest absolute Gasteiger partial charge is 0.210 e. The van der Waals surface area contributed by atoms with Crippen LogP contribution in [0, 0.1) is 0 Å². The van der Waals surface area contributed by atoms with Crippen LogP contribution in [-0.2, 0) is 12.8 Å². The topological polar surface area (TPSA) is 77.8 Å². The van der Waals surface area contributed by atoms with Crippen molar-refractivity contribution in [3.63, 3.8) is 0 Å². The number of ether oxygens (including phenoxy) is 1. The van der Waals surface area contributed by atoms with Crippen LogP contribution in [0.2, 0.25) is 0 Å². The minimum Gasteiger partial charge on any atom is -0.457 e. The summed E-state index contributed by atoms with van der Waals surface area (Å²) in [5.41, 5.74) is 4.04. The Morgan fingerprint density at radius 2 is 1.74 bits per heavy atom. The highest BCUT2D eigenvalue weighted by Crippen LogP contribution is 2.31. The highest BCUT2D eigenvalue weighted by atomic mass is 32.2. The normalized spacial score (nSPS) is 11.0. The second-order valence-corrected chi connectivity index (χ2v) is 8.96. The summed E-state index contributed by atoms with van der Waals surface area (Å²) in [6, 6.07) is 23.7. The van der Waals surface area contributed by atoms with Crippen molar-refractivity contribution in [2.45, 2.75) is 10.1 Å². The molecule has 154 valence electrons. The molecule has 0 fully saturated rings. The Kier molecular flexibility index (Phi) is 5.51. The fraction of sp³-hybridized carbons (Fsp3) is 0.0909. The number of hydrogen-bond acceptors (Lipinski definition) is 8. The summed E-state index contributed by atoms with van der Waals surface area (Å²) in [7, 11) is 1.89. The maximum absolute atomic E-state index is 5.82. The van der Waals surface area contributed by atoms with Crippen molar-refractivity contribution >= 4 is 45.0 Å². The van der Waals surface area contributed by atoms with Crippen LogP contribution in [0.5, 0.6) is 11.5 Å². The van der Waals surface area contributed by atoms with E-state index in [0.717, 1.165) is 43.4 Å². The van der Waals surface area contributed by atoms with E-state index in [1.54, 1.807) is 16.4 Å². The third kappa shape index (κ3) is 4.68. The average molecular weight is 447 g/mol. The summed E-state index contributed by atoms with van der Waals surface area (Å²) in [5, 5.41) is 20.8. The van der Waals surface area contributed by atoms with Gasteiger partial charge in [-0.3, -0.25) is 0 Å². The molecule has 0 bridgehead atoms. The molecule has 0 unspecified atom stereocenters. The number of benzene rings is 3. The van der Waals surface area contributed by atoms with Crippen LogP contribution in [-0.4, -0.2) is 25.2 Å². The quantitative estimate of drug-likeness (QED) is 0.324. The Labute approximate surface area is 187 Å². The van der Waals surface area contributed by atoms with Crippen molar-refractivity contribution < 1.29 is 4.74 Å².